The molecule has 0 spiro atoms. The van der Waals surface area contributed by atoms with Crippen molar-refractivity contribution in [3.8, 4) is 5.75 Å². The van der Waals surface area contributed by atoms with E-state index in [1.165, 1.54) is 0 Å². The smallest absolute Gasteiger partial charge is 0.257 e. The Morgan fingerprint density at radius 1 is 1.29 bits per heavy atom. The normalized spacial score (nSPS) is 21.5. The molecule has 6 nitrogen and oxygen atoms in total. The average Bonchev–Trinajstić information content (AvgIpc) is 3.25. The molecule has 2 aliphatic heterocycles. The Bertz CT molecular complexity index is 677. The molecule has 2 saturated heterocycles. The predicted octanol–water partition coefficient (Wildman–Crippen LogP) is 2.39. The van der Waals surface area contributed by atoms with Crippen molar-refractivity contribution in [1.82, 2.24) is 15.5 Å². The maximum absolute atomic E-state index is 13.0. The first-order valence-electron chi connectivity index (χ1n) is 9.82. The number of carbonyl (C=O) groups is 2. The number of rotatable bonds is 7. The Morgan fingerprint density at radius 2 is 2.11 bits per heavy atom. The van der Waals surface area contributed by atoms with Crippen LogP contribution in [0, 0.1) is 5.92 Å². The zero-order valence-electron chi connectivity index (χ0n) is 16.2. The van der Waals surface area contributed by atoms with Gasteiger partial charge in [-0.2, -0.15) is 0 Å². The van der Waals surface area contributed by atoms with Gasteiger partial charge in [0.15, 0.2) is 0 Å². The van der Waals surface area contributed by atoms with E-state index in [9.17, 15) is 9.59 Å². The quantitative estimate of drug-likeness (QED) is 0.681. The lowest BCUT2D eigenvalue weighted by Gasteiger charge is -2.33. The van der Waals surface area contributed by atoms with Crippen LogP contribution in [0.15, 0.2) is 36.9 Å². The molecule has 2 heterocycles. The van der Waals surface area contributed by atoms with E-state index in [4.69, 9.17) is 4.74 Å². The molecule has 0 saturated carbocycles. The third-order valence-corrected chi connectivity index (χ3v) is 5.22. The van der Waals surface area contributed by atoms with Crippen molar-refractivity contribution in [2.24, 2.45) is 5.92 Å². The molecule has 1 aromatic rings. The summed E-state index contributed by atoms with van der Waals surface area (Å²) in [5.74, 6) is 0.946. The molecule has 2 atom stereocenters. The summed E-state index contributed by atoms with van der Waals surface area (Å²) in [7, 11) is 0. The number of para-hydroxylation sites is 1. The summed E-state index contributed by atoms with van der Waals surface area (Å²) in [6.45, 7) is 6.96. The van der Waals surface area contributed by atoms with Gasteiger partial charge < -0.3 is 20.3 Å². The standard InChI is InChI=1S/C21H29N3O3.ClH/c1-2-13-27-19-10-4-3-8-17(19)21(26)24-12-6-7-16(15-24)14-23-20(25)18-9-5-11-22-18;/h2-4,8,10,16,18,22H,1,5-7,9,11-15H2,(H,23,25);1H. The topological polar surface area (TPSA) is 70.7 Å². The van der Waals surface area contributed by atoms with E-state index in [-0.39, 0.29) is 36.2 Å². The van der Waals surface area contributed by atoms with Crippen LogP contribution in [0.3, 0.4) is 0 Å². The molecule has 2 aliphatic rings. The summed E-state index contributed by atoms with van der Waals surface area (Å²) in [5, 5.41) is 6.28. The number of hydrogen-bond acceptors (Lipinski definition) is 4. The Hall–Kier alpha value is -2.05. The van der Waals surface area contributed by atoms with Crippen LogP contribution in [0.5, 0.6) is 5.75 Å². The third kappa shape index (κ3) is 5.72. The molecule has 0 radical (unpaired) electrons. The lowest BCUT2D eigenvalue weighted by atomic mass is 9.97. The number of amides is 2. The van der Waals surface area contributed by atoms with Gasteiger partial charge in [0.1, 0.15) is 12.4 Å². The van der Waals surface area contributed by atoms with Gasteiger partial charge in [-0.3, -0.25) is 9.59 Å². The summed E-state index contributed by atoms with van der Waals surface area (Å²) in [4.78, 5) is 27.1. The Balaban J connectivity index is 0.00000280. The SMILES string of the molecule is C=CCOc1ccccc1C(=O)N1CCCC(CNC(=O)C2CCCN2)C1.Cl. The van der Waals surface area contributed by atoms with Crippen LogP contribution in [0.4, 0.5) is 0 Å². The molecule has 0 bridgehead atoms. The van der Waals surface area contributed by atoms with E-state index in [2.05, 4.69) is 17.2 Å². The minimum atomic E-state index is -0.0554. The van der Waals surface area contributed by atoms with E-state index >= 15 is 0 Å². The first kappa shape index (κ1) is 22.2. The highest BCUT2D eigenvalue weighted by Gasteiger charge is 2.28. The van der Waals surface area contributed by atoms with Crippen LogP contribution < -0.4 is 15.4 Å². The first-order valence-corrected chi connectivity index (χ1v) is 9.82. The van der Waals surface area contributed by atoms with Crippen molar-refractivity contribution < 1.29 is 14.3 Å². The summed E-state index contributed by atoms with van der Waals surface area (Å²) in [6, 6.07) is 7.27. The van der Waals surface area contributed by atoms with E-state index in [1.54, 1.807) is 12.1 Å². The zero-order chi connectivity index (χ0) is 19.1. The molecule has 1 aromatic carbocycles. The molecule has 2 fully saturated rings. The summed E-state index contributed by atoms with van der Waals surface area (Å²) < 4.78 is 5.63. The van der Waals surface area contributed by atoms with E-state index in [0.717, 1.165) is 38.8 Å². The van der Waals surface area contributed by atoms with Crippen LogP contribution in [0.1, 0.15) is 36.0 Å². The molecule has 2 N–H and O–H groups in total. The lowest BCUT2D eigenvalue weighted by molar-refractivity contribution is -0.123. The number of ether oxygens (including phenoxy) is 1. The van der Waals surface area contributed by atoms with Crippen LogP contribution in [0.25, 0.3) is 0 Å². The number of carbonyl (C=O) groups excluding carboxylic acids is 2. The molecular formula is C21H30ClN3O3. The molecule has 3 rings (SSSR count). The van der Waals surface area contributed by atoms with Gasteiger partial charge in [0.05, 0.1) is 11.6 Å². The van der Waals surface area contributed by atoms with Gasteiger partial charge in [0.25, 0.3) is 5.91 Å². The van der Waals surface area contributed by atoms with Crippen LogP contribution in [0.2, 0.25) is 0 Å². The molecule has 2 unspecified atom stereocenters. The maximum Gasteiger partial charge on any atom is 0.257 e. The van der Waals surface area contributed by atoms with E-state index in [0.29, 0.717) is 31.0 Å². The fourth-order valence-electron chi connectivity index (χ4n) is 3.78. The molecular weight excluding hydrogens is 378 g/mol. The van der Waals surface area contributed by atoms with Crippen molar-refractivity contribution in [1.29, 1.82) is 0 Å². The van der Waals surface area contributed by atoms with Crippen molar-refractivity contribution in [3.63, 3.8) is 0 Å². The predicted molar refractivity (Wildman–Crippen MR) is 112 cm³/mol. The fraction of sp³-hybridized carbons (Fsp3) is 0.524. The summed E-state index contributed by atoms with van der Waals surface area (Å²) >= 11 is 0. The number of nitrogens with one attached hydrogen (secondary N) is 2. The minimum absolute atomic E-state index is 0. The Kier molecular flexibility index (Phi) is 8.80. The second-order valence-corrected chi connectivity index (χ2v) is 7.25. The Labute approximate surface area is 173 Å². The lowest BCUT2D eigenvalue weighted by Crippen LogP contribution is -2.46. The highest BCUT2D eigenvalue weighted by molar-refractivity contribution is 5.97. The molecule has 2 amide bonds. The third-order valence-electron chi connectivity index (χ3n) is 5.22. The van der Waals surface area contributed by atoms with Gasteiger partial charge in [0, 0.05) is 19.6 Å². The van der Waals surface area contributed by atoms with Gasteiger partial charge in [-0.25, -0.2) is 0 Å². The number of benzene rings is 1. The van der Waals surface area contributed by atoms with E-state index in [1.807, 2.05) is 23.1 Å². The van der Waals surface area contributed by atoms with Gasteiger partial charge >= 0.3 is 0 Å². The Morgan fingerprint density at radius 3 is 2.86 bits per heavy atom. The second-order valence-electron chi connectivity index (χ2n) is 7.25. The van der Waals surface area contributed by atoms with Crippen molar-refractivity contribution in [2.45, 2.75) is 31.7 Å². The average molecular weight is 408 g/mol. The van der Waals surface area contributed by atoms with Gasteiger partial charge in [-0.15, -0.1) is 12.4 Å². The van der Waals surface area contributed by atoms with Crippen molar-refractivity contribution in [2.75, 3.05) is 32.8 Å². The highest BCUT2D eigenvalue weighted by atomic mass is 35.5. The monoisotopic (exact) mass is 407 g/mol. The molecule has 0 aliphatic carbocycles. The maximum atomic E-state index is 13.0. The second kappa shape index (κ2) is 11.1. The van der Waals surface area contributed by atoms with Gasteiger partial charge in [0.2, 0.25) is 5.91 Å². The van der Waals surface area contributed by atoms with Gasteiger partial charge in [-0.1, -0.05) is 24.8 Å². The van der Waals surface area contributed by atoms with Crippen molar-refractivity contribution in [3.05, 3.63) is 42.5 Å². The fourth-order valence-corrected chi connectivity index (χ4v) is 3.78. The van der Waals surface area contributed by atoms with E-state index < -0.39 is 0 Å². The summed E-state index contributed by atoms with van der Waals surface area (Å²) in [5.41, 5.74) is 0.583. The number of piperidine rings is 1. The number of halogens is 1. The number of hydrogen-bond donors (Lipinski definition) is 2. The van der Waals surface area contributed by atoms with Crippen molar-refractivity contribution >= 4 is 24.2 Å². The largest absolute Gasteiger partial charge is 0.489 e. The van der Waals surface area contributed by atoms with Crippen LogP contribution in [-0.2, 0) is 4.79 Å². The first-order chi connectivity index (χ1) is 13.2. The molecule has 0 aromatic heterocycles. The zero-order valence-corrected chi connectivity index (χ0v) is 17.0. The van der Waals surface area contributed by atoms with Gasteiger partial charge in [-0.05, 0) is 50.3 Å². The highest BCUT2D eigenvalue weighted by Crippen LogP contribution is 2.23. The summed E-state index contributed by atoms with van der Waals surface area (Å²) in [6.07, 6.45) is 5.60. The number of likely N-dealkylation sites (tertiary alicyclic amines) is 1. The molecule has 154 valence electrons. The molecule has 28 heavy (non-hydrogen) atoms. The van der Waals surface area contributed by atoms with Crippen LogP contribution in [-0.4, -0.2) is 55.5 Å². The minimum Gasteiger partial charge on any atom is -0.489 e. The molecule has 7 heteroatoms. The van der Waals surface area contributed by atoms with Crippen LogP contribution >= 0.6 is 12.4 Å². The number of nitrogens with zero attached hydrogens (tertiary/aromatic N) is 1.